The summed E-state index contributed by atoms with van der Waals surface area (Å²) in [4.78, 5) is 2.59. The second-order valence-corrected chi connectivity index (χ2v) is 5.88. The van der Waals surface area contributed by atoms with E-state index in [1.54, 1.807) is 0 Å². The Morgan fingerprint density at radius 1 is 1.24 bits per heavy atom. The van der Waals surface area contributed by atoms with E-state index in [9.17, 15) is 0 Å². The van der Waals surface area contributed by atoms with Crippen molar-refractivity contribution < 1.29 is 0 Å². The van der Waals surface area contributed by atoms with Crippen LogP contribution in [0.1, 0.15) is 30.4 Å². The van der Waals surface area contributed by atoms with E-state index in [1.165, 1.54) is 49.2 Å². The van der Waals surface area contributed by atoms with Crippen molar-refractivity contribution in [1.82, 2.24) is 0 Å². The molecule has 1 aromatic rings. The van der Waals surface area contributed by atoms with Crippen LogP contribution in [0.5, 0.6) is 0 Å². The molecule has 2 heteroatoms. The third-order valence-corrected chi connectivity index (χ3v) is 4.79. The largest absolute Gasteiger partial charge is 0.371 e. The quantitative estimate of drug-likeness (QED) is 0.717. The molecule has 0 aromatic heterocycles. The third-order valence-electron chi connectivity index (χ3n) is 4.48. The molecule has 0 amide bonds. The molecule has 0 N–H and O–H groups in total. The minimum Gasteiger partial charge on any atom is -0.371 e. The first kappa shape index (κ1) is 11.4. The fourth-order valence-corrected chi connectivity index (χ4v) is 3.75. The summed E-state index contributed by atoms with van der Waals surface area (Å²) in [5.41, 5.74) is 4.03. The van der Waals surface area contributed by atoms with Gasteiger partial charge in [0, 0.05) is 24.7 Å². The first-order chi connectivity index (χ1) is 8.28. The van der Waals surface area contributed by atoms with E-state index in [4.69, 9.17) is 11.6 Å². The number of fused-ring (bicyclic) bond motifs is 1. The molecule has 2 fully saturated rings. The van der Waals surface area contributed by atoms with Crippen molar-refractivity contribution >= 4 is 17.3 Å². The highest BCUT2D eigenvalue weighted by atomic mass is 35.5. The lowest BCUT2D eigenvalue weighted by Crippen LogP contribution is -2.21. The molecule has 1 heterocycles. The molecule has 1 saturated carbocycles. The molecule has 0 radical (unpaired) electrons. The topological polar surface area (TPSA) is 3.24 Å². The number of nitrogens with zero attached hydrogens (tertiary/aromatic N) is 1. The van der Waals surface area contributed by atoms with Crippen molar-refractivity contribution in [3.05, 3.63) is 29.3 Å². The molecule has 1 aliphatic heterocycles. The van der Waals surface area contributed by atoms with Crippen LogP contribution >= 0.6 is 11.6 Å². The van der Waals surface area contributed by atoms with Crippen molar-refractivity contribution in [2.45, 2.75) is 32.1 Å². The van der Waals surface area contributed by atoms with Gasteiger partial charge < -0.3 is 4.90 Å². The second kappa shape index (κ2) is 4.53. The van der Waals surface area contributed by atoms with E-state index in [1.807, 2.05) is 0 Å². The zero-order chi connectivity index (χ0) is 11.8. The summed E-state index contributed by atoms with van der Waals surface area (Å²) >= 11 is 5.88. The lowest BCUT2D eigenvalue weighted by Gasteiger charge is -2.22. The van der Waals surface area contributed by atoms with E-state index >= 15 is 0 Å². The van der Waals surface area contributed by atoms with Crippen LogP contribution < -0.4 is 4.90 Å². The number of aryl methyl sites for hydroxylation is 1. The van der Waals surface area contributed by atoms with Gasteiger partial charge in [-0.25, -0.2) is 0 Å². The van der Waals surface area contributed by atoms with E-state index in [-0.39, 0.29) is 0 Å². The smallest absolute Gasteiger partial charge is 0.0474 e. The van der Waals surface area contributed by atoms with Gasteiger partial charge in [0.2, 0.25) is 0 Å². The number of halogens is 1. The van der Waals surface area contributed by atoms with Gasteiger partial charge in [-0.2, -0.15) is 0 Å². The molecule has 0 bridgehead atoms. The van der Waals surface area contributed by atoms with Gasteiger partial charge in [0.05, 0.1) is 0 Å². The van der Waals surface area contributed by atoms with E-state index in [0.29, 0.717) is 5.88 Å². The van der Waals surface area contributed by atoms with Crippen molar-refractivity contribution in [2.24, 2.45) is 11.8 Å². The summed E-state index contributed by atoms with van der Waals surface area (Å²) in [6.45, 7) is 4.75. The molecule has 1 aromatic carbocycles. The number of rotatable bonds is 2. The minimum absolute atomic E-state index is 0.617. The van der Waals surface area contributed by atoms with Gasteiger partial charge >= 0.3 is 0 Å². The van der Waals surface area contributed by atoms with Crippen LogP contribution in [0.25, 0.3) is 0 Å². The Kier molecular flexibility index (Phi) is 3.04. The molecule has 2 atom stereocenters. The standard InChI is InChI=1S/C15H20ClN/c1-11-7-12(8-16)5-6-15(11)17-9-13-3-2-4-14(13)10-17/h5-7,13-14H,2-4,8-10H2,1H3. The summed E-state index contributed by atoms with van der Waals surface area (Å²) in [5, 5.41) is 0. The van der Waals surface area contributed by atoms with E-state index in [2.05, 4.69) is 30.0 Å². The average Bonchev–Trinajstić information content (AvgIpc) is 2.89. The summed E-state index contributed by atoms with van der Waals surface area (Å²) < 4.78 is 0. The Hall–Kier alpha value is -0.690. The maximum Gasteiger partial charge on any atom is 0.0474 e. The monoisotopic (exact) mass is 249 g/mol. The Bertz CT molecular complexity index is 403. The number of hydrogen-bond acceptors (Lipinski definition) is 1. The molecule has 1 aliphatic carbocycles. The van der Waals surface area contributed by atoms with Crippen LogP contribution in [0.2, 0.25) is 0 Å². The first-order valence-electron chi connectivity index (χ1n) is 6.68. The molecule has 17 heavy (non-hydrogen) atoms. The number of anilines is 1. The minimum atomic E-state index is 0.617. The van der Waals surface area contributed by atoms with Crippen LogP contribution in [0.3, 0.4) is 0 Å². The molecule has 1 nitrogen and oxygen atoms in total. The molecule has 2 unspecified atom stereocenters. The van der Waals surface area contributed by atoms with Crippen LogP contribution in [-0.2, 0) is 5.88 Å². The zero-order valence-electron chi connectivity index (χ0n) is 10.5. The van der Waals surface area contributed by atoms with Crippen molar-refractivity contribution in [1.29, 1.82) is 0 Å². The van der Waals surface area contributed by atoms with Gasteiger partial charge in [0.15, 0.2) is 0 Å². The van der Waals surface area contributed by atoms with E-state index in [0.717, 1.165) is 11.8 Å². The molecular formula is C15H20ClN. The molecule has 2 aliphatic rings. The summed E-state index contributed by atoms with van der Waals surface area (Å²) in [7, 11) is 0. The summed E-state index contributed by atoms with van der Waals surface area (Å²) in [5.74, 6) is 2.54. The van der Waals surface area contributed by atoms with Crippen LogP contribution in [0, 0.1) is 18.8 Å². The van der Waals surface area contributed by atoms with Gasteiger partial charge in [0.25, 0.3) is 0 Å². The Labute approximate surface area is 109 Å². The van der Waals surface area contributed by atoms with Crippen molar-refractivity contribution in [3.8, 4) is 0 Å². The van der Waals surface area contributed by atoms with Crippen LogP contribution in [0.4, 0.5) is 5.69 Å². The second-order valence-electron chi connectivity index (χ2n) is 5.61. The lowest BCUT2D eigenvalue weighted by atomic mass is 10.0. The molecule has 1 saturated heterocycles. The highest BCUT2D eigenvalue weighted by Gasteiger charge is 2.36. The van der Waals surface area contributed by atoms with Gasteiger partial charge in [-0.1, -0.05) is 18.6 Å². The van der Waals surface area contributed by atoms with E-state index < -0.39 is 0 Å². The predicted molar refractivity (Wildman–Crippen MR) is 73.8 cm³/mol. The van der Waals surface area contributed by atoms with Gasteiger partial charge in [0.1, 0.15) is 0 Å². The Balaban J connectivity index is 1.81. The molecule has 3 rings (SSSR count). The van der Waals surface area contributed by atoms with Crippen molar-refractivity contribution in [2.75, 3.05) is 18.0 Å². The number of benzene rings is 1. The highest BCUT2D eigenvalue weighted by Crippen LogP contribution is 2.40. The zero-order valence-corrected chi connectivity index (χ0v) is 11.2. The predicted octanol–water partition coefficient (Wildman–Crippen LogP) is 3.97. The van der Waals surface area contributed by atoms with Gasteiger partial charge in [-0.15, -0.1) is 11.6 Å². The Morgan fingerprint density at radius 3 is 2.53 bits per heavy atom. The summed E-state index contributed by atoms with van der Waals surface area (Å²) in [6.07, 6.45) is 4.34. The first-order valence-corrected chi connectivity index (χ1v) is 7.22. The Morgan fingerprint density at radius 2 is 1.94 bits per heavy atom. The fraction of sp³-hybridized carbons (Fsp3) is 0.600. The average molecular weight is 250 g/mol. The fourth-order valence-electron chi connectivity index (χ4n) is 3.59. The molecule has 92 valence electrons. The van der Waals surface area contributed by atoms with Crippen LogP contribution in [-0.4, -0.2) is 13.1 Å². The lowest BCUT2D eigenvalue weighted by molar-refractivity contribution is 0.494. The molecular weight excluding hydrogens is 230 g/mol. The SMILES string of the molecule is Cc1cc(CCl)ccc1N1CC2CCCC2C1. The van der Waals surface area contributed by atoms with Crippen LogP contribution in [0.15, 0.2) is 18.2 Å². The number of alkyl halides is 1. The van der Waals surface area contributed by atoms with Gasteiger partial charge in [-0.05, 0) is 48.8 Å². The van der Waals surface area contributed by atoms with Gasteiger partial charge in [-0.3, -0.25) is 0 Å². The normalized spacial score (nSPS) is 27.5. The number of hydrogen-bond donors (Lipinski definition) is 0. The summed E-state index contributed by atoms with van der Waals surface area (Å²) in [6, 6.07) is 6.66. The van der Waals surface area contributed by atoms with Crippen molar-refractivity contribution in [3.63, 3.8) is 0 Å². The highest BCUT2D eigenvalue weighted by molar-refractivity contribution is 6.17. The maximum absolute atomic E-state index is 5.88. The third kappa shape index (κ3) is 2.06. The maximum atomic E-state index is 5.88. The molecule has 0 spiro atoms.